The van der Waals surface area contributed by atoms with Crippen molar-refractivity contribution in [2.24, 2.45) is 0 Å². The van der Waals surface area contributed by atoms with Gasteiger partial charge in [-0.25, -0.2) is 9.59 Å². The van der Waals surface area contributed by atoms with Crippen molar-refractivity contribution in [1.29, 1.82) is 0 Å². The molecule has 0 aromatic carbocycles. The summed E-state index contributed by atoms with van der Waals surface area (Å²) in [6, 6.07) is -1.15. The zero-order valence-electron chi connectivity index (χ0n) is 13.3. The van der Waals surface area contributed by atoms with Crippen molar-refractivity contribution in [2.75, 3.05) is 66.8 Å². The summed E-state index contributed by atoms with van der Waals surface area (Å²) in [5.74, 6) is -0.738. The van der Waals surface area contributed by atoms with E-state index in [1.54, 1.807) is 0 Å². The monoisotopic (exact) mass is 318 g/mol. The van der Waals surface area contributed by atoms with Gasteiger partial charge in [0.2, 0.25) is 12.1 Å². The molecule has 0 bridgehead atoms. The van der Waals surface area contributed by atoms with Crippen LogP contribution in [0.5, 0.6) is 0 Å². The molecule has 2 aliphatic rings. The van der Waals surface area contributed by atoms with Crippen LogP contribution in [0.2, 0.25) is 0 Å². The van der Waals surface area contributed by atoms with Gasteiger partial charge in [-0.15, -0.1) is 0 Å². The van der Waals surface area contributed by atoms with E-state index < -0.39 is 12.1 Å². The van der Waals surface area contributed by atoms with E-state index in [0.717, 1.165) is 9.80 Å². The van der Waals surface area contributed by atoms with Gasteiger partial charge in [0.1, 0.15) is 26.2 Å². The molecular formula is C14H26N2O6+2. The molecule has 0 spiro atoms. The fourth-order valence-electron chi connectivity index (χ4n) is 3.22. The Morgan fingerprint density at radius 3 is 1.36 bits per heavy atom. The third-order valence-electron chi connectivity index (χ3n) is 4.39. The minimum absolute atomic E-state index is 0.369. The van der Waals surface area contributed by atoms with Crippen LogP contribution in [0.15, 0.2) is 0 Å². The van der Waals surface area contributed by atoms with Gasteiger partial charge in [0.15, 0.2) is 0 Å². The van der Waals surface area contributed by atoms with Crippen LogP contribution in [0, 0.1) is 0 Å². The summed E-state index contributed by atoms with van der Waals surface area (Å²) in [6.45, 7) is 5.02. The number of ether oxygens (including phenoxy) is 4. The molecule has 2 atom stereocenters. The topological polar surface area (TPSA) is 79.9 Å². The van der Waals surface area contributed by atoms with Crippen LogP contribution in [-0.2, 0) is 28.5 Å². The molecule has 2 N–H and O–H groups in total. The summed E-state index contributed by atoms with van der Waals surface area (Å²) in [5.41, 5.74) is 0. The summed E-state index contributed by atoms with van der Waals surface area (Å²) in [7, 11) is 2.72. The van der Waals surface area contributed by atoms with Crippen LogP contribution in [-0.4, -0.2) is 90.8 Å². The normalized spacial score (nSPS) is 23.5. The number of esters is 2. The summed E-state index contributed by atoms with van der Waals surface area (Å²) in [5, 5.41) is 0. The van der Waals surface area contributed by atoms with E-state index in [-0.39, 0.29) is 11.9 Å². The molecule has 2 saturated heterocycles. The molecule has 2 heterocycles. The highest BCUT2D eigenvalue weighted by atomic mass is 16.5. The lowest BCUT2D eigenvalue weighted by molar-refractivity contribution is -0.988. The second kappa shape index (κ2) is 8.42. The fourth-order valence-corrected chi connectivity index (χ4v) is 3.22. The number of hydrogen-bond acceptors (Lipinski definition) is 6. The summed E-state index contributed by atoms with van der Waals surface area (Å²) in [4.78, 5) is 26.8. The Morgan fingerprint density at radius 1 is 0.773 bits per heavy atom. The number of quaternary nitrogens is 2. The number of morpholine rings is 2. The van der Waals surface area contributed by atoms with Crippen molar-refractivity contribution in [2.45, 2.75) is 12.1 Å². The largest absolute Gasteiger partial charge is 0.464 e. The number of nitrogens with one attached hydrogen (secondary N) is 2. The van der Waals surface area contributed by atoms with E-state index in [1.165, 1.54) is 14.2 Å². The van der Waals surface area contributed by atoms with Gasteiger partial charge in [0.25, 0.3) is 0 Å². The van der Waals surface area contributed by atoms with Crippen molar-refractivity contribution < 1.29 is 38.3 Å². The molecule has 2 fully saturated rings. The van der Waals surface area contributed by atoms with Gasteiger partial charge in [-0.05, 0) is 0 Å². The average Bonchev–Trinajstić information content (AvgIpc) is 2.59. The zero-order valence-corrected chi connectivity index (χ0v) is 13.3. The Balaban J connectivity index is 2.24. The first-order valence-electron chi connectivity index (χ1n) is 7.69. The molecule has 2 rings (SSSR count). The van der Waals surface area contributed by atoms with Crippen molar-refractivity contribution >= 4 is 11.9 Å². The molecule has 0 unspecified atom stereocenters. The van der Waals surface area contributed by atoms with Gasteiger partial charge >= 0.3 is 11.9 Å². The molecule has 126 valence electrons. The maximum atomic E-state index is 12.4. The second-order valence-electron chi connectivity index (χ2n) is 5.54. The SMILES string of the molecule is COC(=O)[C@@H]([C@H](C(=O)OC)[NH+]1CCOCC1)[NH+]1CCOCC1. The molecule has 0 aromatic rings. The van der Waals surface area contributed by atoms with E-state index >= 15 is 0 Å². The number of hydrogen-bond donors (Lipinski definition) is 2. The van der Waals surface area contributed by atoms with Gasteiger partial charge in [-0.2, -0.15) is 0 Å². The van der Waals surface area contributed by atoms with E-state index in [0.29, 0.717) is 52.6 Å². The lowest BCUT2D eigenvalue weighted by Gasteiger charge is -2.37. The Kier molecular flexibility index (Phi) is 6.56. The summed E-state index contributed by atoms with van der Waals surface area (Å²) in [6.07, 6.45) is 0. The number of carbonyl (C=O) groups is 2. The highest BCUT2D eigenvalue weighted by Gasteiger charge is 2.50. The maximum Gasteiger partial charge on any atom is 0.371 e. The fraction of sp³-hybridized carbons (Fsp3) is 0.857. The lowest BCUT2D eigenvalue weighted by atomic mass is 10.0. The first-order chi connectivity index (χ1) is 10.7. The Morgan fingerprint density at radius 2 is 1.09 bits per heavy atom. The Hall–Kier alpha value is -1.22. The average molecular weight is 318 g/mol. The zero-order chi connectivity index (χ0) is 15.9. The van der Waals surface area contributed by atoms with Gasteiger partial charge in [0.05, 0.1) is 40.6 Å². The molecular weight excluding hydrogens is 292 g/mol. The molecule has 0 aromatic heterocycles. The first-order valence-corrected chi connectivity index (χ1v) is 7.69. The molecule has 0 aliphatic carbocycles. The maximum absolute atomic E-state index is 12.4. The van der Waals surface area contributed by atoms with Gasteiger partial charge < -0.3 is 28.7 Å². The molecule has 0 radical (unpaired) electrons. The van der Waals surface area contributed by atoms with Crippen molar-refractivity contribution in [3.8, 4) is 0 Å². The summed E-state index contributed by atoms with van der Waals surface area (Å²) >= 11 is 0. The van der Waals surface area contributed by atoms with Crippen molar-refractivity contribution in [1.82, 2.24) is 0 Å². The van der Waals surface area contributed by atoms with E-state index in [9.17, 15) is 9.59 Å². The number of methoxy groups -OCH3 is 2. The minimum atomic E-state index is -0.575. The van der Waals surface area contributed by atoms with Crippen LogP contribution in [0.4, 0.5) is 0 Å². The van der Waals surface area contributed by atoms with Gasteiger partial charge in [0, 0.05) is 0 Å². The number of rotatable bonds is 5. The predicted molar refractivity (Wildman–Crippen MR) is 74.6 cm³/mol. The van der Waals surface area contributed by atoms with Crippen LogP contribution < -0.4 is 9.80 Å². The van der Waals surface area contributed by atoms with Crippen molar-refractivity contribution in [3.63, 3.8) is 0 Å². The third kappa shape index (κ3) is 3.95. The molecule has 0 amide bonds. The Labute approximate surface area is 130 Å². The highest BCUT2D eigenvalue weighted by molar-refractivity contribution is 5.85. The quantitative estimate of drug-likeness (QED) is 0.502. The summed E-state index contributed by atoms with van der Waals surface area (Å²) < 4.78 is 20.7. The van der Waals surface area contributed by atoms with E-state index in [4.69, 9.17) is 18.9 Å². The molecule has 8 heteroatoms. The van der Waals surface area contributed by atoms with Crippen LogP contribution in [0.1, 0.15) is 0 Å². The molecule has 2 aliphatic heterocycles. The van der Waals surface area contributed by atoms with E-state index in [2.05, 4.69) is 0 Å². The third-order valence-corrected chi connectivity index (χ3v) is 4.39. The van der Waals surface area contributed by atoms with Crippen LogP contribution in [0.3, 0.4) is 0 Å². The minimum Gasteiger partial charge on any atom is -0.464 e. The van der Waals surface area contributed by atoms with Gasteiger partial charge in [-0.1, -0.05) is 0 Å². The highest BCUT2D eigenvalue weighted by Crippen LogP contribution is 1.97. The predicted octanol–water partition coefficient (Wildman–Crippen LogP) is -4.10. The first kappa shape index (κ1) is 17.1. The van der Waals surface area contributed by atoms with Crippen molar-refractivity contribution in [3.05, 3.63) is 0 Å². The molecule has 8 nitrogen and oxygen atoms in total. The molecule has 0 saturated carbocycles. The smallest absolute Gasteiger partial charge is 0.371 e. The van der Waals surface area contributed by atoms with Crippen LogP contribution >= 0.6 is 0 Å². The standard InChI is InChI=1S/C14H24N2O6/c1-19-13(17)11(15-3-7-21-8-4-15)12(14(18)20-2)16-5-9-22-10-6-16/h11-12H,3-10H2,1-2H3/p+2/t11-,12-/m1/s1. The van der Waals surface area contributed by atoms with Crippen LogP contribution in [0.25, 0.3) is 0 Å². The number of carbonyl (C=O) groups excluding carboxylic acids is 2. The second-order valence-corrected chi connectivity index (χ2v) is 5.54. The Bertz CT molecular complexity index is 344. The lowest BCUT2D eigenvalue weighted by Crippen LogP contribution is -3.29. The van der Waals surface area contributed by atoms with E-state index in [1.807, 2.05) is 0 Å². The van der Waals surface area contributed by atoms with Gasteiger partial charge in [-0.3, -0.25) is 0 Å². The molecule has 22 heavy (non-hydrogen) atoms.